The number of hydrogen-bond donors (Lipinski definition) is 0. The molecular weight excluding hydrogens is 1460 g/mol. The largest absolute Gasteiger partial charge is 0.312 e. The van der Waals surface area contributed by atoms with Crippen molar-refractivity contribution in [1.82, 2.24) is 30.9 Å². The molecule has 0 unspecified atom stereocenters. The molecule has 7 aromatic carbocycles. The van der Waals surface area contributed by atoms with Crippen molar-refractivity contribution in [2.24, 2.45) is 49.3 Å². The lowest BCUT2D eigenvalue weighted by atomic mass is 10.0. The van der Waals surface area contributed by atoms with Gasteiger partial charge >= 0.3 is 0 Å². The Bertz CT molecular complexity index is 7030. The summed E-state index contributed by atoms with van der Waals surface area (Å²) in [5, 5.41) is 0. The predicted octanol–water partition coefficient (Wildman–Crippen LogP) is 19.2. The molecule has 0 aliphatic rings. The van der Waals surface area contributed by atoms with Gasteiger partial charge in [0.1, 0.15) is 53.6 Å². The Labute approximate surface area is 697 Å². The first kappa shape index (κ1) is 79.6. The van der Waals surface area contributed by atoms with Crippen LogP contribution in [0.15, 0.2) is 385 Å². The summed E-state index contributed by atoms with van der Waals surface area (Å²) >= 11 is 0. The molecular formula is C105H105N14+7. The van der Waals surface area contributed by atoms with Gasteiger partial charge in [-0.25, -0.2) is 44.8 Å². The highest BCUT2D eigenvalue weighted by Gasteiger charge is 2.23. The first-order chi connectivity index (χ1) is 57.9. The van der Waals surface area contributed by atoms with Crippen molar-refractivity contribution in [2.45, 2.75) is 48.5 Å². The van der Waals surface area contributed by atoms with Gasteiger partial charge in [-0.3, -0.25) is 0 Å². The van der Waals surface area contributed by atoms with Gasteiger partial charge in [-0.05, 0) is 183 Å². The van der Waals surface area contributed by atoms with Crippen molar-refractivity contribution in [3.05, 3.63) is 423 Å². The summed E-state index contributed by atoms with van der Waals surface area (Å²) in [6.45, 7) is 15.1. The van der Waals surface area contributed by atoms with Crippen LogP contribution in [0.2, 0.25) is 0 Å². The van der Waals surface area contributed by atoms with Crippen LogP contribution in [0.25, 0.3) is 118 Å². The fraction of sp³-hybridized carbons (Fsp3) is 0.133. The van der Waals surface area contributed by atoms with E-state index in [-0.39, 0.29) is 0 Å². The number of rotatable bonds is 7. The molecule has 0 spiro atoms. The number of nitrogens with zero attached hydrogens (tertiary/aromatic N) is 14. The molecule has 14 nitrogen and oxygen atoms in total. The van der Waals surface area contributed by atoms with E-state index in [4.69, 9.17) is 0 Å². The Balaban J connectivity index is 0.000000108. The maximum absolute atomic E-state index is 2.22. The van der Waals surface area contributed by atoms with Crippen LogP contribution < -0.4 is 32.1 Å². The van der Waals surface area contributed by atoms with Crippen molar-refractivity contribution >= 4 is 39.0 Å². The Morgan fingerprint density at radius 1 is 0.218 bits per heavy atom. The molecule has 21 rings (SSSR count). The van der Waals surface area contributed by atoms with Gasteiger partial charge in [-0.15, -0.1) is 9.20 Å². The molecule has 0 aliphatic carbocycles. The highest BCUT2D eigenvalue weighted by atomic mass is 15.3. The van der Waals surface area contributed by atoms with Crippen LogP contribution in [-0.4, -0.2) is 30.9 Å². The molecule has 21 aromatic rings. The molecule has 0 radical (unpaired) electrons. The van der Waals surface area contributed by atoms with Gasteiger partial charge in [0, 0.05) is 53.2 Å². The number of fused-ring (bicyclic) bond motifs is 7. The maximum Gasteiger partial charge on any atom is 0.293 e. The zero-order valence-electron chi connectivity index (χ0n) is 70.6. The monoisotopic (exact) mass is 1560 g/mol. The van der Waals surface area contributed by atoms with Gasteiger partial charge < -0.3 is 4.40 Å². The van der Waals surface area contributed by atoms with E-state index < -0.39 is 0 Å². The molecule has 0 fully saturated rings. The van der Waals surface area contributed by atoms with E-state index in [1.165, 1.54) is 156 Å². The number of aryl methyl sites for hydroxylation is 14. The van der Waals surface area contributed by atoms with Gasteiger partial charge in [0.25, 0.3) is 16.9 Å². The van der Waals surface area contributed by atoms with Gasteiger partial charge in [0.2, 0.25) is 24.0 Å². The van der Waals surface area contributed by atoms with Gasteiger partial charge in [0.05, 0.1) is 113 Å². The van der Waals surface area contributed by atoms with Gasteiger partial charge in [0.15, 0.2) is 24.5 Å². The molecule has 14 heteroatoms. The van der Waals surface area contributed by atoms with Crippen molar-refractivity contribution in [1.29, 1.82) is 0 Å². The summed E-state index contributed by atoms with van der Waals surface area (Å²) in [5.41, 5.74) is 35.6. The topological polar surface area (TPSA) is 58.0 Å². The fourth-order valence-corrected chi connectivity index (χ4v) is 16.2. The summed E-state index contributed by atoms with van der Waals surface area (Å²) < 4.78 is 30.3. The second kappa shape index (κ2) is 35.6. The average Bonchev–Trinajstić information content (AvgIpc) is 1.87. The Morgan fingerprint density at radius 2 is 0.597 bits per heavy atom. The predicted molar refractivity (Wildman–Crippen MR) is 481 cm³/mol. The standard InChI is InChI=1S/7C15H15N2/c1-12-7-3-4-9-14(12)15-11-13-8-5-6-10-17(13)16(15)2;1-12-7-3-4-8-13(12)15-14-9-5-6-10-17(14)11-16(15)2;1-12-6-3-4-8-14(12)15-10-13-7-5-9-17(13)11-16(15)2;1-12-6-3-4-7-13(12)14-8-11-17-10-5-9-16(2)15(14)17;1-12-6-3-4-7-13(12)14-9-11-17-10-5-8-15(17)16(14)2;1-12-6-3-4-7-13(12)15-14-8-5-9-17(14)11-10-16(15)2;1-12-6-3-4-7-13(12)14-8-5-9-17-11-10-16(2)15(14)17/h7*3-11H,1-2H3/q7*+1. The zero-order valence-corrected chi connectivity index (χ0v) is 70.6. The fourth-order valence-electron chi connectivity index (χ4n) is 16.2. The summed E-state index contributed by atoms with van der Waals surface area (Å²) in [5.74, 6) is 0. The Morgan fingerprint density at radius 3 is 1.20 bits per heavy atom. The molecule has 0 saturated heterocycles. The van der Waals surface area contributed by atoms with E-state index in [2.05, 4.69) is 545 Å². The van der Waals surface area contributed by atoms with Gasteiger partial charge in [-0.2, -0.15) is 4.57 Å². The quantitative estimate of drug-likeness (QED) is 0.143. The minimum Gasteiger partial charge on any atom is -0.312 e. The first-order valence-electron chi connectivity index (χ1n) is 40.5. The van der Waals surface area contributed by atoms with Crippen LogP contribution in [0.4, 0.5) is 0 Å². The zero-order chi connectivity index (χ0) is 82.8. The van der Waals surface area contributed by atoms with Crippen LogP contribution >= 0.6 is 0 Å². The van der Waals surface area contributed by atoms with Crippen molar-refractivity contribution in [2.75, 3.05) is 0 Å². The number of pyridine rings is 3. The number of imidazole rings is 2. The minimum atomic E-state index is 1.20. The Hall–Kier alpha value is -14.6. The minimum absolute atomic E-state index is 1.20. The molecule has 0 bridgehead atoms. The van der Waals surface area contributed by atoms with Crippen molar-refractivity contribution in [3.8, 4) is 78.5 Å². The molecule has 588 valence electrons. The molecule has 14 aromatic heterocycles. The van der Waals surface area contributed by atoms with Crippen LogP contribution in [-0.2, 0) is 49.3 Å². The Kier molecular flexibility index (Phi) is 23.8. The van der Waals surface area contributed by atoms with Crippen LogP contribution in [0.3, 0.4) is 0 Å². The number of aromatic nitrogens is 14. The molecule has 119 heavy (non-hydrogen) atoms. The SMILES string of the molecule is Cc1ccccc1-c1c2ccccn2c[n+]1C.Cc1ccccc1-c1c2cccn2cc[n+]1C.Cc1ccccc1-c1cc2ccccn2[n+]1C.Cc1ccccc1-c1cc2cccn2c[n+]1C.Cc1ccccc1-c1cccn2cc[n+](C)c12.Cc1ccccc1-c1ccn2ccc[n+](C)c12.Cc1ccccc1-c1ccn2cccc2[n+]1C. The lowest BCUT2D eigenvalue weighted by Gasteiger charge is -2.07. The second-order valence-corrected chi connectivity index (χ2v) is 30.6. The van der Waals surface area contributed by atoms with Crippen molar-refractivity contribution in [3.63, 3.8) is 0 Å². The number of hydrogen-bond acceptors (Lipinski definition) is 0. The third-order valence-corrected chi connectivity index (χ3v) is 22.6. The van der Waals surface area contributed by atoms with Crippen LogP contribution in [0.1, 0.15) is 38.9 Å². The molecule has 0 atom stereocenters. The highest BCUT2D eigenvalue weighted by Crippen LogP contribution is 2.31. The number of benzene rings is 7. The van der Waals surface area contributed by atoms with Gasteiger partial charge in [-0.1, -0.05) is 170 Å². The third-order valence-electron chi connectivity index (χ3n) is 22.6. The molecule has 0 N–H and O–H groups in total. The van der Waals surface area contributed by atoms with Crippen LogP contribution in [0.5, 0.6) is 0 Å². The van der Waals surface area contributed by atoms with E-state index >= 15 is 0 Å². The van der Waals surface area contributed by atoms with Crippen molar-refractivity contribution < 1.29 is 32.1 Å². The van der Waals surface area contributed by atoms with E-state index in [1.54, 1.807) is 0 Å². The molecule has 0 saturated carbocycles. The molecule has 0 amide bonds. The maximum atomic E-state index is 2.22. The molecule has 14 heterocycles. The lowest BCUT2D eigenvalue weighted by molar-refractivity contribution is -0.727. The molecule has 0 aliphatic heterocycles. The summed E-state index contributed by atoms with van der Waals surface area (Å²) in [6.07, 6.45) is 33.4. The van der Waals surface area contributed by atoms with E-state index in [0.29, 0.717) is 0 Å². The van der Waals surface area contributed by atoms with Crippen LogP contribution in [0, 0.1) is 48.5 Å². The second-order valence-electron chi connectivity index (χ2n) is 30.6. The third kappa shape index (κ3) is 16.9. The lowest BCUT2D eigenvalue weighted by Crippen LogP contribution is -2.36. The average molecular weight is 1560 g/mol. The van der Waals surface area contributed by atoms with E-state index in [0.717, 1.165) is 0 Å². The normalized spacial score (nSPS) is 10.9. The summed E-state index contributed by atoms with van der Waals surface area (Å²) in [4.78, 5) is 0. The summed E-state index contributed by atoms with van der Waals surface area (Å²) in [7, 11) is 14.6. The van der Waals surface area contributed by atoms with E-state index in [9.17, 15) is 0 Å². The summed E-state index contributed by atoms with van der Waals surface area (Å²) in [6, 6.07) is 99.7. The highest BCUT2D eigenvalue weighted by molar-refractivity contribution is 5.81. The smallest absolute Gasteiger partial charge is 0.293 e. The van der Waals surface area contributed by atoms with E-state index in [1.807, 2.05) is 0 Å². The first-order valence-corrected chi connectivity index (χ1v) is 40.5.